The number of thiophene rings is 1. The van der Waals surface area contributed by atoms with Crippen LogP contribution in [0, 0.1) is 11.8 Å². The van der Waals surface area contributed by atoms with Crippen LogP contribution in [0.4, 0.5) is 0 Å². The lowest BCUT2D eigenvalue weighted by Crippen LogP contribution is -2.19. The van der Waals surface area contributed by atoms with Gasteiger partial charge in [0.25, 0.3) is 0 Å². The molecule has 0 radical (unpaired) electrons. The zero-order valence-electron chi connectivity index (χ0n) is 9.23. The second-order valence-electron chi connectivity index (χ2n) is 4.49. The lowest BCUT2D eigenvalue weighted by Gasteiger charge is -2.18. The minimum Gasteiger partial charge on any atom is -0.229 e. The fraction of sp³-hybridized carbons (Fsp3) is 0.636. The molecule has 6 heteroatoms. The molecule has 2 unspecified atom stereocenters. The summed E-state index contributed by atoms with van der Waals surface area (Å²) < 4.78 is 23.7. The third kappa shape index (κ3) is 3.60. The first-order valence-electron chi connectivity index (χ1n) is 5.51. The molecule has 0 N–H and O–H groups in total. The van der Waals surface area contributed by atoms with E-state index in [-0.39, 0.29) is 11.8 Å². The van der Waals surface area contributed by atoms with E-state index < -0.39 is 9.84 Å². The van der Waals surface area contributed by atoms with Crippen LogP contribution in [0.15, 0.2) is 12.1 Å². The van der Waals surface area contributed by atoms with Crippen molar-refractivity contribution >= 4 is 44.4 Å². The van der Waals surface area contributed by atoms with Crippen LogP contribution in [0.3, 0.4) is 0 Å². The van der Waals surface area contributed by atoms with Gasteiger partial charge in [0.05, 0.1) is 15.8 Å². The van der Waals surface area contributed by atoms with E-state index >= 15 is 0 Å². The molecule has 17 heavy (non-hydrogen) atoms. The summed E-state index contributed by atoms with van der Waals surface area (Å²) in [6, 6.07) is 3.87. The van der Waals surface area contributed by atoms with Gasteiger partial charge in [0.1, 0.15) is 0 Å². The Bertz CT molecular complexity index is 481. The minimum absolute atomic E-state index is 0.207. The molecule has 2 rings (SSSR count). The standard InChI is InChI=1S/C11H14Cl2O2S2/c12-6-9(5-10-1-2-11(13)16-10)8-3-4-17(14,15)7-8/h1-2,8-9H,3-7H2. The predicted octanol–water partition coefficient (Wildman–Crippen LogP) is 3.23. The molecule has 96 valence electrons. The molecule has 1 aromatic heterocycles. The summed E-state index contributed by atoms with van der Waals surface area (Å²) >= 11 is 13.4. The Morgan fingerprint density at radius 2 is 2.24 bits per heavy atom. The van der Waals surface area contributed by atoms with E-state index in [1.165, 1.54) is 4.88 Å². The average molecular weight is 313 g/mol. The van der Waals surface area contributed by atoms with Crippen molar-refractivity contribution < 1.29 is 8.42 Å². The van der Waals surface area contributed by atoms with Gasteiger partial charge in [0.2, 0.25) is 0 Å². The number of rotatable bonds is 4. The number of sulfone groups is 1. The quantitative estimate of drug-likeness (QED) is 0.800. The Kier molecular flexibility index (Phi) is 4.40. The van der Waals surface area contributed by atoms with E-state index in [2.05, 4.69) is 0 Å². The van der Waals surface area contributed by atoms with E-state index in [1.807, 2.05) is 12.1 Å². The number of hydrogen-bond donors (Lipinski definition) is 0. The predicted molar refractivity (Wildman–Crippen MR) is 74.0 cm³/mol. The normalized spacial score (nSPS) is 24.9. The molecule has 0 bridgehead atoms. The van der Waals surface area contributed by atoms with Crippen molar-refractivity contribution in [3.63, 3.8) is 0 Å². The summed E-state index contributed by atoms with van der Waals surface area (Å²) in [5, 5.41) is 0. The molecule has 2 heterocycles. The van der Waals surface area contributed by atoms with Gasteiger partial charge in [0, 0.05) is 10.8 Å². The van der Waals surface area contributed by atoms with Gasteiger partial charge in [-0.3, -0.25) is 0 Å². The smallest absolute Gasteiger partial charge is 0.150 e. The number of hydrogen-bond acceptors (Lipinski definition) is 3. The third-order valence-electron chi connectivity index (χ3n) is 3.22. The molecule has 0 saturated carbocycles. The van der Waals surface area contributed by atoms with Gasteiger partial charge in [-0.2, -0.15) is 0 Å². The van der Waals surface area contributed by atoms with E-state index in [4.69, 9.17) is 23.2 Å². The van der Waals surface area contributed by atoms with Crippen molar-refractivity contribution in [2.45, 2.75) is 12.8 Å². The van der Waals surface area contributed by atoms with Gasteiger partial charge < -0.3 is 0 Å². The summed E-state index contributed by atoms with van der Waals surface area (Å²) in [4.78, 5) is 1.19. The highest BCUT2D eigenvalue weighted by Crippen LogP contribution is 2.32. The van der Waals surface area contributed by atoms with Crippen LogP contribution in [0.1, 0.15) is 11.3 Å². The van der Waals surface area contributed by atoms with Gasteiger partial charge in [-0.15, -0.1) is 22.9 Å². The zero-order valence-corrected chi connectivity index (χ0v) is 12.4. The Labute approximate surface area is 116 Å². The zero-order chi connectivity index (χ0) is 12.5. The summed E-state index contributed by atoms with van der Waals surface area (Å²) in [5.41, 5.74) is 0. The number of alkyl halides is 1. The first-order valence-corrected chi connectivity index (χ1v) is 9.06. The molecular formula is C11H14Cl2O2S2. The van der Waals surface area contributed by atoms with Crippen molar-refractivity contribution in [1.29, 1.82) is 0 Å². The van der Waals surface area contributed by atoms with Crippen molar-refractivity contribution in [2.24, 2.45) is 11.8 Å². The number of halogens is 2. The Morgan fingerprint density at radius 1 is 1.47 bits per heavy atom. The Morgan fingerprint density at radius 3 is 2.71 bits per heavy atom. The van der Waals surface area contributed by atoms with Gasteiger partial charge in [-0.25, -0.2) is 8.42 Å². The van der Waals surface area contributed by atoms with Crippen LogP contribution in [-0.2, 0) is 16.3 Å². The van der Waals surface area contributed by atoms with Gasteiger partial charge >= 0.3 is 0 Å². The summed E-state index contributed by atoms with van der Waals surface area (Å²) in [7, 11) is -2.82. The second kappa shape index (κ2) is 5.47. The van der Waals surface area contributed by atoms with Crippen LogP contribution >= 0.6 is 34.5 Å². The van der Waals surface area contributed by atoms with E-state index in [0.29, 0.717) is 17.4 Å². The summed E-state index contributed by atoms with van der Waals surface area (Å²) in [5.74, 6) is 1.57. The van der Waals surface area contributed by atoms with Crippen molar-refractivity contribution in [2.75, 3.05) is 17.4 Å². The molecule has 1 aliphatic rings. The highest BCUT2D eigenvalue weighted by atomic mass is 35.5. The van der Waals surface area contributed by atoms with Crippen molar-refractivity contribution in [1.82, 2.24) is 0 Å². The van der Waals surface area contributed by atoms with E-state index in [0.717, 1.165) is 17.2 Å². The van der Waals surface area contributed by atoms with Crippen LogP contribution in [0.2, 0.25) is 4.34 Å². The first-order chi connectivity index (χ1) is 8.00. The van der Waals surface area contributed by atoms with Gasteiger partial charge in [0.15, 0.2) is 9.84 Å². The van der Waals surface area contributed by atoms with E-state index in [9.17, 15) is 8.42 Å². The van der Waals surface area contributed by atoms with Crippen LogP contribution < -0.4 is 0 Å². The third-order valence-corrected chi connectivity index (χ3v) is 6.67. The SMILES string of the molecule is O=S1(=O)CCC(C(CCl)Cc2ccc(Cl)s2)C1. The average Bonchev–Trinajstić information content (AvgIpc) is 2.81. The largest absolute Gasteiger partial charge is 0.229 e. The fourth-order valence-corrected chi connectivity index (χ4v) is 5.72. The Balaban J connectivity index is 2.02. The highest BCUT2D eigenvalue weighted by molar-refractivity contribution is 7.91. The molecule has 1 fully saturated rings. The first kappa shape index (κ1) is 13.7. The van der Waals surface area contributed by atoms with Crippen LogP contribution in [0.5, 0.6) is 0 Å². The summed E-state index contributed by atoms with van der Waals surface area (Å²) in [6.07, 6.45) is 1.58. The molecule has 2 atom stereocenters. The molecule has 1 aromatic rings. The maximum Gasteiger partial charge on any atom is 0.150 e. The van der Waals surface area contributed by atoms with Crippen molar-refractivity contribution in [3.05, 3.63) is 21.3 Å². The second-order valence-corrected chi connectivity index (χ2v) is 8.82. The maximum atomic E-state index is 11.5. The summed E-state index contributed by atoms with van der Waals surface area (Å²) in [6.45, 7) is 0. The fourth-order valence-electron chi connectivity index (χ4n) is 2.26. The topological polar surface area (TPSA) is 34.1 Å². The Hall–Kier alpha value is 0.230. The molecule has 0 spiro atoms. The minimum atomic E-state index is -2.82. The van der Waals surface area contributed by atoms with Gasteiger partial charge in [-0.1, -0.05) is 11.6 Å². The van der Waals surface area contributed by atoms with E-state index in [1.54, 1.807) is 11.3 Å². The molecular weight excluding hydrogens is 299 g/mol. The lowest BCUT2D eigenvalue weighted by molar-refractivity contribution is 0.400. The monoisotopic (exact) mass is 312 g/mol. The molecule has 1 saturated heterocycles. The molecule has 1 aliphatic heterocycles. The maximum absolute atomic E-state index is 11.5. The van der Waals surface area contributed by atoms with Crippen molar-refractivity contribution in [3.8, 4) is 0 Å². The molecule has 0 amide bonds. The molecule has 0 aliphatic carbocycles. The van der Waals surface area contributed by atoms with Gasteiger partial charge in [-0.05, 0) is 36.8 Å². The highest BCUT2D eigenvalue weighted by Gasteiger charge is 2.33. The van der Waals surface area contributed by atoms with Crippen LogP contribution in [0.25, 0.3) is 0 Å². The lowest BCUT2D eigenvalue weighted by atomic mass is 9.90. The van der Waals surface area contributed by atoms with Crippen LogP contribution in [-0.4, -0.2) is 25.8 Å². The molecule has 2 nitrogen and oxygen atoms in total. The molecule has 0 aromatic carbocycles.